The first kappa shape index (κ1) is 18.5. The quantitative estimate of drug-likeness (QED) is 0.461. The van der Waals surface area contributed by atoms with Crippen LogP contribution < -0.4 is 4.57 Å². The van der Waals surface area contributed by atoms with E-state index in [2.05, 4.69) is 6.92 Å². The number of hydrogen-bond donors (Lipinski definition) is 0. The number of fused-ring (bicyclic) bond motifs is 2. The summed E-state index contributed by atoms with van der Waals surface area (Å²) in [6, 6.07) is 7.12. The van der Waals surface area contributed by atoms with Crippen LogP contribution in [0.4, 0.5) is 0 Å². The zero-order valence-electron chi connectivity index (χ0n) is 15.9. The highest BCUT2D eigenvalue weighted by atomic mass is 16.5. The van der Waals surface area contributed by atoms with Gasteiger partial charge in [-0.1, -0.05) is 44.0 Å². The lowest BCUT2D eigenvalue weighted by Gasteiger charge is -2.12. The van der Waals surface area contributed by atoms with Crippen LogP contribution in [0.1, 0.15) is 70.5 Å². The van der Waals surface area contributed by atoms with Crippen molar-refractivity contribution in [3.63, 3.8) is 0 Å². The highest BCUT2D eigenvalue weighted by Crippen LogP contribution is 2.27. The van der Waals surface area contributed by atoms with E-state index in [4.69, 9.17) is 4.74 Å². The Kier molecular flexibility index (Phi) is 5.67. The van der Waals surface area contributed by atoms with Crippen LogP contribution in [-0.4, -0.2) is 29.9 Å². The molecule has 1 aliphatic carbocycles. The fraction of sp³-hybridized carbons (Fsp3) is 0.476. The molecule has 138 valence electrons. The summed E-state index contributed by atoms with van der Waals surface area (Å²) < 4.78 is 9.21. The maximum absolute atomic E-state index is 13.2. The molecular formula is C21H27N2O3+. The molecule has 0 N–H and O–H groups in total. The molecule has 26 heavy (non-hydrogen) atoms. The number of ether oxygens (including phenoxy) is 1. The first-order valence-electron chi connectivity index (χ1n) is 9.42. The predicted octanol–water partition coefficient (Wildman–Crippen LogP) is 3.09. The molecule has 1 aromatic carbocycles. The topological polar surface area (TPSA) is 52.2 Å². The van der Waals surface area contributed by atoms with Crippen molar-refractivity contribution in [3.05, 3.63) is 52.6 Å². The Labute approximate surface area is 154 Å². The van der Waals surface area contributed by atoms with E-state index in [1.54, 1.807) is 19.2 Å². The maximum atomic E-state index is 13.2. The summed E-state index contributed by atoms with van der Waals surface area (Å²) in [5.74, 6) is 0.824. The number of benzene rings is 1. The van der Waals surface area contributed by atoms with Gasteiger partial charge in [0.2, 0.25) is 23.0 Å². The number of imidazole rings is 1. The van der Waals surface area contributed by atoms with Crippen molar-refractivity contribution in [3.8, 4) is 0 Å². The number of rotatable bonds is 8. The first-order chi connectivity index (χ1) is 12.6. The Bertz CT molecular complexity index is 836. The number of unbranched alkanes of at least 4 members (excludes halogenated alkanes) is 3. The van der Waals surface area contributed by atoms with Crippen molar-refractivity contribution in [2.45, 2.75) is 52.6 Å². The summed E-state index contributed by atoms with van der Waals surface area (Å²) in [6.45, 7) is 5.99. The van der Waals surface area contributed by atoms with Crippen LogP contribution in [0.3, 0.4) is 0 Å². The van der Waals surface area contributed by atoms with Crippen LogP contribution in [0.15, 0.2) is 24.3 Å². The fourth-order valence-electron chi connectivity index (χ4n) is 3.75. The lowest BCUT2D eigenvalue weighted by molar-refractivity contribution is -0.704. The molecule has 0 aliphatic heterocycles. The number of carbonyl (C=O) groups excluding carboxylic acids is 2. The van der Waals surface area contributed by atoms with E-state index in [-0.39, 0.29) is 11.6 Å². The summed E-state index contributed by atoms with van der Waals surface area (Å²) >= 11 is 0. The zero-order valence-corrected chi connectivity index (χ0v) is 15.9. The van der Waals surface area contributed by atoms with Crippen LogP contribution in [-0.2, 0) is 17.8 Å². The van der Waals surface area contributed by atoms with Crippen molar-refractivity contribution in [2.75, 3.05) is 13.7 Å². The van der Waals surface area contributed by atoms with Crippen LogP contribution in [0.5, 0.6) is 0 Å². The van der Waals surface area contributed by atoms with Crippen molar-refractivity contribution in [1.82, 2.24) is 4.57 Å². The number of ketones is 2. The van der Waals surface area contributed by atoms with Crippen LogP contribution in [0.2, 0.25) is 0 Å². The Morgan fingerprint density at radius 1 is 1.04 bits per heavy atom. The lowest BCUT2D eigenvalue weighted by Crippen LogP contribution is -2.43. The van der Waals surface area contributed by atoms with Gasteiger partial charge in [0, 0.05) is 25.2 Å². The maximum Gasteiger partial charge on any atom is 0.254 e. The molecule has 0 saturated carbocycles. The molecule has 0 saturated heterocycles. The molecule has 0 spiro atoms. The van der Waals surface area contributed by atoms with Gasteiger partial charge in [0.1, 0.15) is 6.54 Å². The van der Waals surface area contributed by atoms with Crippen molar-refractivity contribution in [1.29, 1.82) is 0 Å². The van der Waals surface area contributed by atoms with E-state index in [1.165, 1.54) is 12.8 Å². The van der Waals surface area contributed by atoms with Gasteiger partial charge < -0.3 is 4.74 Å². The van der Waals surface area contributed by atoms with Gasteiger partial charge in [-0.15, -0.1) is 0 Å². The molecule has 5 nitrogen and oxygen atoms in total. The first-order valence-corrected chi connectivity index (χ1v) is 9.42. The van der Waals surface area contributed by atoms with Crippen LogP contribution in [0, 0.1) is 6.92 Å². The van der Waals surface area contributed by atoms with Gasteiger partial charge in [-0.05, 0) is 12.8 Å². The molecule has 0 atom stereocenters. The summed E-state index contributed by atoms with van der Waals surface area (Å²) in [5, 5.41) is 0. The molecule has 0 radical (unpaired) electrons. The average molecular weight is 355 g/mol. The molecule has 0 fully saturated rings. The van der Waals surface area contributed by atoms with E-state index in [1.807, 2.05) is 28.2 Å². The Morgan fingerprint density at radius 3 is 2.38 bits per heavy atom. The molecule has 2 aromatic rings. The van der Waals surface area contributed by atoms with E-state index >= 15 is 0 Å². The smallest absolute Gasteiger partial charge is 0.254 e. The van der Waals surface area contributed by atoms with Crippen molar-refractivity contribution < 1.29 is 18.9 Å². The number of aromatic nitrogens is 2. The summed E-state index contributed by atoms with van der Waals surface area (Å²) in [7, 11) is 1.65. The molecule has 1 aliphatic rings. The van der Waals surface area contributed by atoms with Gasteiger partial charge in [-0.2, -0.15) is 0 Å². The van der Waals surface area contributed by atoms with E-state index in [0.717, 1.165) is 25.2 Å². The third-order valence-electron chi connectivity index (χ3n) is 5.15. The number of methoxy groups -OCH3 is 1. The monoisotopic (exact) mass is 355 g/mol. The molecule has 3 rings (SSSR count). The molecule has 0 unspecified atom stereocenters. The fourth-order valence-corrected chi connectivity index (χ4v) is 3.75. The summed E-state index contributed by atoms with van der Waals surface area (Å²) in [4.78, 5) is 26.3. The van der Waals surface area contributed by atoms with Crippen LogP contribution in [0.25, 0.3) is 0 Å². The van der Waals surface area contributed by atoms with Gasteiger partial charge >= 0.3 is 0 Å². The molecular weight excluding hydrogens is 328 g/mol. The van der Waals surface area contributed by atoms with E-state index in [0.29, 0.717) is 35.7 Å². The Hall–Kier alpha value is -2.27. The third kappa shape index (κ3) is 3.12. The number of carbonyl (C=O) groups is 2. The minimum Gasteiger partial charge on any atom is -0.381 e. The Morgan fingerprint density at radius 2 is 1.73 bits per heavy atom. The SMILES string of the molecule is CCCCCC[n+]1c2c(n(CCOC)c1C)C(=O)c1ccccc1C2=O. The minimum absolute atomic E-state index is 0.0510. The number of hydrogen-bond acceptors (Lipinski definition) is 3. The summed E-state index contributed by atoms with van der Waals surface area (Å²) in [5.41, 5.74) is 2.06. The van der Waals surface area contributed by atoms with Gasteiger partial charge in [0.05, 0.1) is 13.2 Å². The minimum atomic E-state index is -0.0679. The van der Waals surface area contributed by atoms with Gasteiger partial charge in [-0.3, -0.25) is 9.59 Å². The molecule has 0 bridgehead atoms. The predicted molar refractivity (Wildman–Crippen MR) is 98.7 cm³/mol. The lowest BCUT2D eigenvalue weighted by atomic mass is 9.90. The normalized spacial score (nSPS) is 13.0. The molecule has 5 heteroatoms. The zero-order chi connectivity index (χ0) is 18.7. The highest BCUT2D eigenvalue weighted by Gasteiger charge is 2.42. The third-order valence-corrected chi connectivity index (χ3v) is 5.15. The largest absolute Gasteiger partial charge is 0.381 e. The average Bonchev–Trinajstić information content (AvgIpc) is 2.94. The van der Waals surface area contributed by atoms with Crippen LogP contribution >= 0.6 is 0 Å². The second-order valence-corrected chi connectivity index (χ2v) is 6.80. The van der Waals surface area contributed by atoms with Crippen molar-refractivity contribution in [2.24, 2.45) is 0 Å². The molecule has 0 amide bonds. The molecule has 1 aromatic heterocycles. The van der Waals surface area contributed by atoms with Gasteiger partial charge in [0.15, 0.2) is 0 Å². The second kappa shape index (κ2) is 7.96. The van der Waals surface area contributed by atoms with Gasteiger partial charge in [0.25, 0.3) is 5.82 Å². The standard InChI is InChI=1S/C21H27N2O3/c1-4-5-6-9-12-22-15(2)23(13-14-26-3)19-18(22)20(24)16-10-7-8-11-17(16)21(19)25/h7-8,10-11H,4-6,9,12-14H2,1-3H3/q+1. The Balaban J connectivity index is 2.08. The van der Waals surface area contributed by atoms with Crippen molar-refractivity contribution >= 4 is 11.6 Å². The summed E-state index contributed by atoms with van der Waals surface area (Å²) in [6.07, 6.45) is 4.48. The van der Waals surface area contributed by atoms with E-state index in [9.17, 15) is 9.59 Å². The van der Waals surface area contributed by atoms with E-state index < -0.39 is 0 Å². The number of nitrogens with zero attached hydrogens (tertiary/aromatic N) is 2. The molecule has 1 heterocycles. The highest BCUT2D eigenvalue weighted by molar-refractivity contribution is 6.26. The van der Waals surface area contributed by atoms with Gasteiger partial charge in [-0.25, -0.2) is 9.13 Å². The second-order valence-electron chi connectivity index (χ2n) is 6.80.